The molecule has 4 nitrogen and oxygen atoms in total. The second kappa shape index (κ2) is 7.05. The van der Waals surface area contributed by atoms with E-state index >= 15 is 0 Å². The third-order valence-corrected chi connectivity index (χ3v) is 4.62. The predicted octanol–water partition coefficient (Wildman–Crippen LogP) is 3.38. The standard InChI is InChI=1S/C16H21ClN4/c17-16-8-4-1-5-14(16)11-20(15-6-2-3-7-15)9-10-21-13-18-12-19-21/h1,4-5,8,12-13,15H,2-3,6-7,9-11H2. The highest BCUT2D eigenvalue weighted by atomic mass is 35.5. The molecule has 0 atom stereocenters. The lowest BCUT2D eigenvalue weighted by Crippen LogP contribution is -2.35. The summed E-state index contributed by atoms with van der Waals surface area (Å²) in [6, 6.07) is 8.82. The molecule has 1 fully saturated rings. The normalized spacial score (nSPS) is 15.9. The molecule has 0 unspecified atom stereocenters. The van der Waals surface area contributed by atoms with Gasteiger partial charge in [0.05, 0.1) is 6.54 Å². The zero-order chi connectivity index (χ0) is 14.5. The minimum atomic E-state index is 0.671. The lowest BCUT2D eigenvalue weighted by Gasteiger charge is -2.29. The van der Waals surface area contributed by atoms with Crippen LogP contribution in [0.3, 0.4) is 0 Å². The van der Waals surface area contributed by atoms with E-state index in [4.69, 9.17) is 11.6 Å². The van der Waals surface area contributed by atoms with Gasteiger partial charge >= 0.3 is 0 Å². The Morgan fingerprint density at radius 1 is 1.24 bits per heavy atom. The summed E-state index contributed by atoms with van der Waals surface area (Å²) in [5, 5.41) is 5.05. The summed E-state index contributed by atoms with van der Waals surface area (Å²) in [4.78, 5) is 6.56. The highest BCUT2D eigenvalue weighted by molar-refractivity contribution is 6.31. The molecule has 21 heavy (non-hydrogen) atoms. The van der Waals surface area contributed by atoms with Crippen LogP contribution >= 0.6 is 11.6 Å². The van der Waals surface area contributed by atoms with Crippen LogP contribution in [0.1, 0.15) is 31.2 Å². The molecule has 1 aromatic carbocycles. The van der Waals surface area contributed by atoms with Crippen LogP contribution in [-0.4, -0.2) is 32.3 Å². The maximum atomic E-state index is 6.32. The Kier molecular flexibility index (Phi) is 4.88. The molecule has 0 aliphatic heterocycles. The van der Waals surface area contributed by atoms with Gasteiger partial charge in [-0.1, -0.05) is 42.6 Å². The van der Waals surface area contributed by atoms with Gasteiger partial charge in [-0.25, -0.2) is 4.98 Å². The minimum Gasteiger partial charge on any atom is -0.294 e. The summed E-state index contributed by atoms with van der Waals surface area (Å²) >= 11 is 6.32. The molecule has 1 aliphatic carbocycles. The summed E-state index contributed by atoms with van der Waals surface area (Å²) in [6.07, 6.45) is 8.64. The van der Waals surface area contributed by atoms with E-state index in [2.05, 4.69) is 27.1 Å². The highest BCUT2D eigenvalue weighted by Crippen LogP contribution is 2.26. The van der Waals surface area contributed by atoms with Crippen molar-refractivity contribution < 1.29 is 0 Å². The first-order valence-electron chi connectivity index (χ1n) is 7.63. The van der Waals surface area contributed by atoms with Crippen molar-refractivity contribution in [2.75, 3.05) is 6.54 Å². The maximum absolute atomic E-state index is 6.32. The Morgan fingerprint density at radius 2 is 2.05 bits per heavy atom. The number of halogens is 1. The SMILES string of the molecule is Clc1ccccc1CN(CCn1cncn1)C1CCCC1. The average molecular weight is 305 g/mol. The van der Waals surface area contributed by atoms with E-state index in [1.807, 2.05) is 16.8 Å². The van der Waals surface area contributed by atoms with E-state index in [-0.39, 0.29) is 0 Å². The summed E-state index contributed by atoms with van der Waals surface area (Å²) < 4.78 is 1.90. The molecule has 0 spiro atoms. The van der Waals surface area contributed by atoms with Crippen molar-refractivity contribution in [1.29, 1.82) is 0 Å². The van der Waals surface area contributed by atoms with Gasteiger partial charge in [0.1, 0.15) is 12.7 Å². The molecule has 0 N–H and O–H groups in total. The summed E-state index contributed by atoms with van der Waals surface area (Å²) in [5.41, 5.74) is 1.21. The van der Waals surface area contributed by atoms with E-state index in [1.165, 1.54) is 31.2 Å². The fraction of sp³-hybridized carbons (Fsp3) is 0.500. The molecule has 3 rings (SSSR count). The second-order valence-corrected chi connectivity index (χ2v) is 6.07. The van der Waals surface area contributed by atoms with Crippen molar-refractivity contribution >= 4 is 11.6 Å². The first kappa shape index (κ1) is 14.5. The second-order valence-electron chi connectivity index (χ2n) is 5.66. The predicted molar refractivity (Wildman–Crippen MR) is 84.1 cm³/mol. The Morgan fingerprint density at radius 3 is 2.76 bits per heavy atom. The van der Waals surface area contributed by atoms with Crippen LogP contribution in [0, 0.1) is 0 Å². The molecule has 0 bridgehead atoms. The van der Waals surface area contributed by atoms with Crippen LogP contribution in [0.15, 0.2) is 36.9 Å². The number of rotatable bonds is 6. The molecule has 112 valence electrons. The molecule has 1 aromatic heterocycles. The molecular weight excluding hydrogens is 284 g/mol. The van der Waals surface area contributed by atoms with Gasteiger partial charge in [-0.05, 0) is 24.5 Å². The van der Waals surface area contributed by atoms with Gasteiger partial charge in [0.25, 0.3) is 0 Å². The Bertz CT molecular complexity index is 549. The van der Waals surface area contributed by atoms with Crippen LogP contribution in [0.4, 0.5) is 0 Å². The van der Waals surface area contributed by atoms with E-state index in [0.717, 1.165) is 24.7 Å². The zero-order valence-electron chi connectivity index (χ0n) is 12.2. The van der Waals surface area contributed by atoms with Crippen LogP contribution in [0.2, 0.25) is 5.02 Å². The number of hydrogen-bond donors (Lipinski definition) is 0. The smallest absolute Gasteiger partial charge is 0.137 e. The van der Waals surface area contributed by atoms with Crippen molar-refractivity contribution in [3.05, 3.63) is 47.5 Å². The lowest BCUT2D eigenvalue weighted by atomic mass is 10.1. The Balaban J connectivity index is 1.68. The van der Waals surface area contributed by atoms with Crippen molar-refractivity contribution in [2.45, 2.75) is 44.8 Å². The van der Waals surface area contributed by atoms with Gasteiger partial charge in [-0.3, -0.25) is 9.58 Å². The summed E-state index contributed by atoms with van der Waals surface area (Å²) in [6.45, 7) is 2.78. The summed E-state index contributed by atoms with van der Waals surface area (Å²) in [5.74, 6) is 0. The van der Waals surface area contributed by atoms with Crippen molar-refractivity contribution in [3.8, 4) is 0 Å². The van der Waals surface area contributed by atoms with Crippen molar-refractivity contribution in [1.82, 2.24) is 19.7 Å². The van der Waals surface area contributed by atoms with E-state index in [9.17, 15) is 0 Å². The third kappa shape index (κ3) is 3.83. The van der Waals surface area contributed by atoms with Gasteiger partial charge in [-0.15, -0.1) is 0 Å². The molecule has 0 amide bonds. The number of aromatic nitrogens is 3. The van der Waals surface area contributed by atoms with Gasteiger partial charge in [0.15, 0.2) is 0 Å². The first-order valence-corrected chi connectivity index (χ1v) is 8.00. The van der Waals surface area contributed by atoms with Gasteiger partial charge in [-0.2, -0.15) is 5.10 Å². The molecule has 1 aliphatic rings. The molecule has 5 heteroatoms. The van der Waals surface area contributed by atoms with Crippen LogP contribution in [0.25, 0.3) is 0 Å². The molecule has 0 saturated heterocycles. The molecule has 1 saturated carbocycles. The topological polar surface area (TPSA) is 34.0 Å². The fourth-order valence-corrected chi connectivity index (χ4v) is 3.28. The zero-order valence-corrected chi connectivity index (χ0v) is 12.9. The van der Waals surface area contributed by atoms with Gasteiger partial charge in [0.2, 0.25) is 0 Å². The molecule has 1 heterocycles. The van der Waals surface area contributed by atoms with Crippen molar-refractivity contribution in [3.63, 3.8) is 0 Å². The first-order chi connectivity index (χ1) is 10.3. The quantitative estimate of drug-likeness (QED) is 0.820. The number of hydrogen-bond acceptors (Lipinski definition) is 3. The number of benzene rings is 1. The van der Waals surface area contributed by atoms with E-state index in [1.54, 1.807) is 12.7 Å². The third-order valence-electron chi connectivity index (χ3n) is 4.26. The maximum Gasteiger partial charge on any atom is 0.137 e. The van der Waals surface area contributed by atoms with Crippen molar-refractivity contribution in [2.24, 2.45) is 0 Å². The Labute approximate surface area is 130 Å². The highest BCUT2D eigenvalue weighted by Gasteiger charge is 2.23. The van der Waals surface area contributed by atoms with Crippen LogP contribution < -0.4 is 0 Å². The van der Waals surface area contributed by atoms with Gasteiger partial charge < -0.3 is 0 Å². The number of nitrogens with zero attached hydrogens (tertiary/aromatic N) is 4. The van der Waals surface area contributed by atoms with E-state index in [0.29, 0.717) is 6.04 Å². The molecule has 0 radical (unpaired) electrons. The Hall–Kier alpha value is -1.39. The van der Waals surface area contributed by atoms with Gasteiger partial charge in [0, 0.05) is 24.2 Å². The van der Waals surface area contributed by atoms with E-state index < -0.39 is 0 Å². The lowest BCUT2D eigenvalue weighted by molar-refractivity contribution is 0.180. The largest absolute Gasteiger partial charge is 0.294 e. The molecular formula is C16H21ClN4. The summed E-state index contributed by atoms with van der Waals surface area (Å²) in [7, 11) is 0. The van der Waals surface area contributed by atoms with Crippen LogP contribution in [-0.2, 0) is 13.1 Å². The minimum absolute atomic E-state index is 0.671. The fourth-order valence-electron chi connectivity index (χ4n) is 3.08. The monoisotopic (exact) mass is 304 g/mol. The average Bonchev–Trinajstić information content (AvgIpc) is 3.18. The van der Waals surface area contributed by atoms with Crippen LogP contribution in [0.5, 0.6) is 0 Å². The molecule has 2 aromatic rings.